The van der Waals surface area contributed by atoms with Crippen molar-refractivity contribution in [1.29, 1.82) is 0 Å². The summed E-state index contributed by atoms with van der Waals surface area (Å²) in [6.45, 7) is 1.96. The summed E-state index contributed by atoms with van der Waals surface area (Å²) in [6, 6.07) is 19.2. The molecule has 1 aliphatic rings. The smallest absolute Gasteiger partial charge is 0.136 e. The minimum absolute atomic E-state index is 0.0929. The van der Waals surface area contributed by atoms with Crippen molar-refractivity contribution in [3.8, 4) is 11.8 Å². The van der Waals surface area contributed by atoms with Gasteiger partial charge in [-0.3, -0.25) is 4.79 Å². The van der Waals surface area contributed by atoms with Crippen LogP contribution < -0.4 is 0 Å². The number of aliphatic hydroxyl groups is 1. The summed E-state index contributed by atoms with van der Waals surface area (Å²) in [7, 11) is 0. The first-order valence-electron chi connectivity index (χ1n) is 7.91. The number of hydrogen-bond acceptors (Lipinski definition) is 2. The fourth-order valence-corrected chi connectivity index (χ4v) is 3.20. The van der Waals surface area contributed by atoms with E-state index in [-0.39, 0.29) is 12.2 Å². The van der Waals surface area contributed by atoms with Crippen LogP contribution in [0.5, 0.6) is 0 Å². The number of rotatable bonds is 1. The zero-order valence-corrected chi connectivity index (χ0v) is 13.3. The van der Waals surface area contributed by atoms with Gasteiger partial charge in [0, 0.05) is 18.4 Å². The second-order valence-corrected chi connectivity index (χ2v) is 6.39. The lowest BCUT2D eigenvalue weighted by Crippen LogP contribution is -2.48. The fraction of sp³-hybridized carbons (Fsp3) is 0.286. The molecule has 0 saturated heterocycles. The summed E-state index contributed by atoms with van der Waals surface area (Å²) in [5.41, 5.74) is -0.220. The van der Waals surface area contributed by atoms with Crippen molar-refractivity contribution in [2.24, 2.45) is 5.41 Å². The lowest BCUT2D eigenvalue weighted by atomic mass is 9.61. The molecule has 116 valence electrons. The summed E-state index contributed by atoms with van der Waals surface area (Å²) in [5.74, 6) is 6.54. The van der Waals surface area contributed by atoms with E-state index >= 15 is 0 Å². The summed E-state index contributed by atoms with van der Waals surface area (Å²) < 4.78 is 0. The SMILES string of the molecule is C[C@]1(C#Cc2ccccc2)CCC(=O)C[C@@]1(O)c1ccccc1. The van der Waals surface area contributed by atoms with Crippen molar-refractivity contribution in [2.45, 2.75) is 31.8 Å². The highest BCUT2D eigenvalue weighted by atomic mass is 16.3. The topological polar surface area (TPSA) is 37.3 Å². The van der Waals surface area contributed by atoms with Crippen LogP contribution in [-0.2, 0) is 10.4 Å². The Kier molecular flexibility index (Phi) is 4.07. The number of hydrogen-bond donors (Lipinski definition) is 1. The second-order valence-electron chi connectivity index (χ2n) is 6.39. The summed E-state index contributed by atoms with van der Waals surface area (Å²) in [4.78, 5) is 12.0. The number of carbonyl (C=O) groups is 1. The van der Waals surface area contributed by atoms with Gasteiger partial charge in [0.1, 0.15) is 11.4 Å². The van der Waals surface area contributed by atoms with Gasteiger partial charge >= 0.3 is 0 Å². The molecule has 2 nitrogen and oxygen atoms in total. The highest BCUT2D eigenvalue weighted by molar-refractivity contribution is 5.81. The Balaban J connectivity index is 2.04. The number of benzene rings is 2. The molecule has 2 heteroatoms. The van der Waals surface area contributed by atoms with Gasteiger partial charge in [-0.2, -0.15) is 0 Å². The maximum atomic E-state index is 12.0. The van der Waals surface area contributed by atoms with Gasteiger partial charge in [0.05, 0.1) is 5.41 Å². The second kappa shape index (κ2) is 6.02. The van der Waals surface area contributed by atoms with E-state index in [9.17, 15) is 9.90 Å². The molecule has 0 radical (unpaired) electrons. The highest BCUT2D eigenvalue weighted by Crippen LogP contribution is 2.49. The third-order valence-corrected chi connectivity index (χ3v) is 4.78. The Morgan fingerprint density at radius 2 is 1.61 bits per heavy atom. The standard InChI is InChI=1S/C21H20O2/c1-20(14-12-17-8-4-2-5-9-17)15-13-19(22)16-21(20,23)18-10-6-3-7-11-18/h2-11,23H,13,15-16H2,1H3/t20-,21+/m0/s1. The van der Waals surface area contributed by atoms with Gasteiger partial charge in [-0.15, -0.1) is 0 Å². The molecule has 0 amide bonds. The van der Waals surface area contributed by atoms with Crippen LogP contribution in [0, 0.1) is 17.3 Å². The minimum atomic E-state index is -1.24. The van der Waals surface area contributed by atoms with Crippen LogP contribution in [0.25, 0.3) is 0 Å². The Morgan fingerprint density at radius 3 is 2.26 bits per heavy atom. The quantitative estimate of drug-likeness (QED) is 0.816. The molecular weight excluding hydrogens is 284 g/mol. The van der Waals surface area contributed by atoms with Crippen LogP contribution in [0.1, 0.15) is 37.3 Å². The number of carbonyl (C=O) groups excluding carboxylic acids is 1. The summed E-state index contributed by atoms with van der Waals surface area (Å²) in [6.07, 6.45) is 1.16. The predicted molar refractivity (Wildman–Crippen MR) is 90.6 cm³/mol. The summed E-state index contributed by atoms with van der Waals surface area (Å²) >= 11 is 0. The first kappa shape index (κ1) is 15.5. The van der Waals surface area contributed by atoms with E-state index < -0.39 is 11.0 Å². The maximum Gasteiger partial charge on any atom is 0.136 e. The average molecular weight is 304 g/mol. The molecule has 1 aliphatic carbocycles. The van der Waals surface area contributed by atoms with Crippen molar-refractivity contribution in [2.75, 3.05) is 0 Å². The molecule has 2 atom stereocenters. The molecule has 0 heterocycles. The molecule has 2 aromatic rings. The molecule has 0 aromatic heterocycles. The van der Waals surface area contributed by atoms with Crippen LogP contribution in [0.3, 0.4) is 0 Å². The van der Waals surface area contributed by atoms with Gasteiger partial charge < -0.3 is 5.11 Å². The Hall–Kier alpha value is -2.37. The molecule has 23 heavy (non-hydrogen) atoms. The highest BCUT2D eigenvalue weighted by Gasteiger charge is 2.51. The maximum absolute atomic E-state index is 12.0. The Labute approximate surface area is 137 Å². The van der Waals surface area contributed by atoms with Crippen LogP contribution in [-0.4, -0.2) is 10.9 Å². The van der Waals surface area contributed by atoms with Gasteiger partial charge in [-0.05, 0) is 31.0 Å². The minimum Gasteiger partial charge on any atom is -0.383 e. The van der Waals surface area contributed by atoms with Crippen LogP contribution >= 0.6 is 0 Å². The Bertz CT molecular complexity index is 755. The van der Waals surface area contributed by atoms with Gasteiger partial charge in [0.2, 0.25) is 0 Å². The molecule has 0 aliphatic heterocycles. The van der Waals surface area contributed by atoms with Gasteiger partial charge in [0.15, 0.2) is 0 Å². The monoisotopic (exact) mass is 304 g/mol. The van der Waals surface area contributed by atoms with E-state index in [1.165, 1.54) is 0 Å². The lowest BCUT2D eigenvalue weighted by Gasteiger charge is -2.45. The van der Waals surface area contributed by atoms with Crippen molar-refractivity contribution >= 4 is 5.78 Å². The zero-order valence-electron chi connectivity index (χ0n) is 13.3. The molecule has 0 unspecified atom stereocenters. The molecule has 3 rings (SSSR count). The van der Waals surface area contributed by atoms with E-state index in [1.54, 1.807) is 0 Å². The molecule has 2 aromatic carbocycles. The number of ketones is 1. The number of Topliss-reactive ketones (excluding diaryl/α,β-unsaturated/α-hetero) is 1. The molecular formula is C21H20O2. The first-order valence-corrected chi connectivity index (χ1v) is 7.91. The zero-order chi connectivity index (χ0) is 16.3. The summed E-state index contributed by atoms with van der Waals surface area (Å²) in [5, 5.41) is 11.4. The fourth-order valence-electron chi connectivity index (χ4n) is 3.20. The van der Waals surface area contributed by atoms with Crippen molar-refractivity contribution in [3.63, 3.8) is 0 Å². The molecule has 0 bridgehead atoms. The van der Waals surface area contributed by atoms with E-state index in [0.717, 1.165) is 11.1 Å². The predicted octanol–water partition coefficient (Wildman–Crippen LogP) is 3.69. The third kappa shape index (κ3) is 2.93. The largest absolute Gasteiger partial charge is 0.383 e. The normalized spacial score (nSPS) is 27.1. The van der Waals surface area contributed by atoms with E-state index in [4.69, 9.17) is 0 Å². The van der Waals surface area contributed by atoms with E-state index in [1.807, 2.05) is 67.6 Å². The van der Waals surface area contributed by atoms with Crippen molar-refractivity contribution in [1.82, 2.24) is 0 Å². The van der Waals surface area contributed by atoms with Gasteiger partial charge in [-0.25, -0.2) is 0 Å². The van der Waals surface area contributed by atoms with E-state index in [2.05, 4.69) is 11.8 Å². The molecule has 1 saturated carbocycles. The molecule has 1 fully saturated rings. The van der Waals surface area contributed by atoms with E-state index in [0.29, 0.717) is 12.8 Å². The van der Waals surface area contributed by atoms with Crippen LogP contribution in [0.2, 0.25) is 0 Å². The van der Waals surface area contributed by atoms with Crippen molar-refractivity contribution < 1.29 is 9.90 Å². The van der Waals surface area contributed by atoms with Gasteiger partial charge in [-0.1, -0.05) is 60.4 Å². The molecule has 1 N–H and O–H groups in total. The Morgan fingerprint density at radius 1 is 1.00 bits per heavy atom. The first-order chi connectivity index (χ1) is 11.0. The average Bonchev–Trinajstić information content (AvgIpc) is 2.59. The van der Waals surface area contributed by atoms with Crippen molar-refractivity contribution in [3.05, 3.63) is 71.8 Å². The third-order valence-electron chi connectivity index (χ3n) is 4.78. The van der Waals surface area contributed by atoms with Gasteiger partial charge in [0.25, 0.3) is 0 Å². The van der Waals surface area contributed by atoms with Crippen LogP contribution in [0.15, 0.2) is 60.7 Å². The van der Waals surface area contributed by atoms with Crippen LogP contribution in [0.4, 0.5) is 0 Å². The molecule has 0 spiro atoms. The lowest BCUT2D eigenvalue weighted by molar-refractivity contribution is -0.139.